The Labute approximate surface area is 174 Å². The second-order valence-electron chi connectivity index (χ2n) is 7.37. The molecule has 0 radical (unpaired) electrons. The summed E-state index contributed by atoms with van der Waals surface area (Å²) in [4.78, 5) is 34.4. The average Bonchev–Trinajstić information content (AvgIpc) is 3.16. The normalized spacial score (nSPS) is 18.0. The highest BCUT2D eigenvalue weighted by Gasteiger charge is 2.32. The summed E-state index contributed by atoms with van der Waals surface area (Å²) in [5.74, 6) is -0.617. The highest BCUT2D eigenvalue weighted by atomic mass is 31.2. The van der Waals surface area contributed by atoms with Gasteiger partial charge >= 0.3 is 7.82 Å². The van der Waals surface area contributed by atoms with Gasteiger partial charge in [-0.25, -0.2) is 4.57 Å². The molecule has 2 aromatic carbocycles. The molecule has 0 aliphatic carbocycles. The second-order valence-corrected chi connectivity index (χ2v) is 8.61. The Morgan fingerprint density at radius 2 is 1.87 bits per heavy atom. The summed E-state index contributed by atoms with van der Waals surface area (Å²) in [7, 11) is -4.71. The molecule has 0 fully saturated rings. The van der Waals surface area contributed by atoms with Gasteiger partial charge in [0.1, 0.15) is 5.54 Å². The second kappa shape index (κ2) is 9.04. The zero-order chi connectivity index (χ0) is 21.8. The largest absolute Gasteiger partial charge is 0.469 e. The van der Waals surface area contributed by atoms with Crippen LogP contribution in [-0.4, -0.2) is 40.1 Å². The molecule has 30 heavy (non-hydrogen) atoms. The number of carbonyl (C=O) groups excluding carboxylic acids is 1. The predicted octanol–water partition coefficient (Wildman–Crippen LogP) is 2.53. The van der Waals surface area contributed by atoms with E-state index in [1.54, 1.807) is 12.1 Å². The maximum atomic E-state index is 12.3. The lowest BCUT2D eigenvalue weighted by molar-refractivity contribution is -0.121. The smallest absolute Gasteiger partial charge is 0.324 e. The van der Waals surface area contributed by atoms with Gasteiger partial charge in [0.05, 0.1) is 12.6 Å². The third-order valence-electron chi connectivity index (χ3n) is 4.59. The van der Waals surface area contributed by atoms with Crippen LogP contribution in [0.1, 0.15) is 18.1 Å². The molecule has 0 aromatic heterocycles. The first-order chi connectivity index (χ1) is 14.1. The van der Waals surface area contributed by atoms with Gasteiger partial charge in [0.15, 0.2) is 0 Å². The molecule has 1 amide bonds. The first kappa shape index (κ1) is 22.1. The summed E-state index contributed by atoms with van der Waals surface area (Å²) in [6.45, 7) is 0.715. The van der Waals surface area contributed by atoms with Gasteiger partial charge in [0.2, 0.25) is 5.91 Å². The van der Waals surface area contributed by atoms with Crippen LogP contribution in [0.2, 0.25) is 0 Å². The number of hydrogen-bond acceptors (Lipinski definition) is 5. The van der Waals surface area contributed by atoms with Crippen LogP contribution >= 0.6 is 7.82 Å². The average molecular weight is 429 g/mol. The summed E-state index contributed by atoms with van der Waals surface area (Å²) in [5.41, 5.74) is 7.91. The maximum Gasteiger partial charge on any atom is 0.469 e. The fourth-order valence-corrected chi connectivity index (χ4v) is 3.35. The standard InChI is InChI=1S/C21H24N3O5P/c1-21(22,14-29-30(26,27)28)20(25)24-18-9-7-16(8-10-18)17-12-19(23-13-17)11-15-5-3-2-4-6-15/h2-10,12-13,19H,11,14,22H2,1H3,(H,24,25)(H2,26,27,28)/t19?,21-/m0/s1. The SMILES string of the molecule is C[C@](N)(COP(=O)(O)O)C(=O)Nc1ccc(C2=CC(Cc3ccccc3)N=C2)cc1. The molecule has 0 spiro atoms. The van der Waals surface area contributed by atoms with Gasteiger partial charge in [0, 0.05) is 11.9 Å². The Balaban J connectivity index is 1.60. The fourth-order valence-electron chi connectivity index (χ4n) is 2.91. The van der Waals surface area contributed by atoms with Crippen molar-refractivity contribution >= 4 is 31.2 Å². The molecule has 1 unspecified atom stereocenters. The number of allylic oxidation sites excluding steroid dienone is 1. The van der Waals surface area contributed by atoms with E-state index in [4.69, 9.17) is 15.5 Å². The van der Waals surface area contributed by atoms with E-state index in [1.807, 2.05) is 36.5 Å². The number of nitrogens with zero attached hydrogens (tertiary/aromatic N) is 1. The van der Waals surface area contributed by atoms with Crippen LogP contribution in [0.15, 0.2) is 65.7 Å². The topological polar surface area (TPSA) is 134 Å². The highest BCUT2D eigenvalue weighted by molar-refractivity contribution is 7.46. The first-order valence-corrected chi connectivity index (χ1v) is 10.9. The lowest BCUT2D eigenvalue weighted by Crippen LogP contribution is -2.52. The third kappa shape index (κ3) is 6.19. The summed E-state index contributed by atoms with van der Waals surface area (Å²) in [6, 6.07) is 17.4. The fraction of sp³-hybridized carbons (Fsp3) is 0.238. The van der Waals surface area contributed by atoms with Gasteiger partial charge in [-0.15, -0.1) is 0 Å². The molecule has 2 atom stereocenters. The number of rotatable bonds is 8. The van der Waals surface area contributed by atoms with Crippen molar-refractivity contribution in [3.8, 4) is 0 Å². The molecule has 1 aliphatic rings. The van der Waals surface area contributed by atoms with Crippen molar-refractivity contribution in [2.24, 2.45) is 10.7 Å². The lowest BCUT2D eigenvalue weighted by Gasteiger charge is -2.23. The van der Waals surface area contributed by atoms with E-state index < -0.39 is 25.9 Å². The third-order valence-corrected chi connectivity index (χ3v) is 5.06. The Bertz CT molecular complexity index is 997. The zero-order valence-corrected chi connectivity index (χ0v) is 17.3. The number of phosphoric acid groups is 1. The van der Waals surface area contributed by atoms with Crippen LogP contribution in [0.3, 0.4) is 0 Å². The van der Waals surface area contributed by atoms with E-state index in [1.165, 1.54) is 12.5 Å². The number of nitrogens with one attached hydrogen (secondary N) is 1. The van der Waals surface area contributed by atoms with E-state index in [9.17, 15) is 9.36 Å². The van der Waals surface area contributed by atoms with Crippen molar-refractivity contribution in [3.63, 3.8) is 0 Å². The van der Waals surface area contributed by atoms with Crippen LogP contribution in [0, 0.1) is 0 Å². The number of hydrogen-bond donors (Lipinski definition) is 4. The summed E-state index contributed by atoms with van der Waals surface area (Å²) < 4.78 is 15.2. The molecule has 5 N–H and O–H groups in total. The molecule has 0 bridgehead atoms. The Hall–Kier alpha value is -2.61. The molecule has 1 aliphatic heterocycles. The highest BCUT2D eigenvalue weighted by Crippen LogP contribution is 2.36. The summed E-state index contributed by atoms with van der Waals surface area (Å²) >= 11 is 0. The monoisotopic (exact) mass is 429 g/mol. The molecular formula is C21H24N3O5P. The van der Waals surface area contributed by atoms with Crippen molar-refractivity contribution < 1.29 is 23.7 Å². The van der Waals surface area contributed by atoms with E-state index in [2.05, 4.69) is 33.0 Å². The maximum absolute atomic E-state index is 12.3. The van der Waals surface area contributed by atoms with Gasteiger partial charge in [0.25, 0.3) is 0 Å². The van der Waals surface area contributed by atoms with Crippen LogP contribution in [0.5, 0.6) is 0 Å². The van der Waals surface area contributed by atoms with Gasteiger partial charge in [-0.2, -0.15) is 0 Å². The van der Waals surface area contributed by atoms with Crippen molar-refractivity contribution in [3.05, 3.63) is 71.8 Å². The lowest BCUT2D eigenvalue weighted by atomic mass is 10.0. The van der Waals surface area contributed by atoms with Crippen molar-refractivity contribution in [1.29, 1.82) is 0 Å². The molecule has 0 saturated heterocycles. The Morgan fingerprint density at radius 3 is 2.50 bits per heavy atom. The van der Waals surface area contributed by atoms with Crippen molar-refractivity contribution in [2.45, 2.75) is 24.9 Å². The molecule has 8 nitrogen and oxygen atoms in total. The van der Waals surface area contributed by atoms with Gasteiger partial charge in [-0.3, -0.25) is 14.3 Å². The number of aliphatic imine (C=N–C) groups is 1. The number of nitrogens with two attached hydrogens (primary N) is 1. The van der Waals surface area contributed by atoms with E-state index in [-0.39, 0.29) is 6.04 Å². The first-order valence-electron chi connectivity index (χ1n) is 9.32. The predicted molar refractivity (Wildman–Crippen MR) is 116 cm³/mol. The van der Waals surface area contributed by atoms with Gasteiger partial charge in [-0.05, 0) is 42.2 Å². The van der Waals surface area contributed by atoms with Crippen LogP contribution < -0.4 is 11.1 Å². The quantitative estimate of drug-likeness (QED) is 0.477. The minimum Gasteiger partial charge on any atom is -0.324 e. The molecule has 1 heterocycles. The molecule has 3 rings (SSSR count). The van der Waals surface area contributed by atoms with Crippen molar-refractivity contribution in [1.82, 2.24) is 0 Å². The number of anilines is 1. The zero-order valence-electron chi connectivity index (χ0n) is 16.4. The number of phosphoric ester groups is 1. The van der Waals surface area contributed by atoms with E-state index in [0.29, 0.717) is 5.69 Å². The minimum atomic E-state index is -4.71. The number of carbonyl (C=O) groups is 1. The van der Waals surface area contributed by atoms with Gasteiger partial charge in [-0.1, -0.05) is 48.5 Å². The van der Waals surface area contributed by atoms with Gasteiger partial charge < -0.3 is 20.8 Å². The molecule has 0 saturated carbocycles. The van der Waals surface area contributed by atoms with E-state index in [0.717, 1.165) is 17.6 Å². The molecular weight excluding hydrogens is 405 g/mol. The number of amides is 1. The molecule has 9 heteroatoms. The van der Waals surface area contributed by atoms with Crippen LogP contribution in [0.4, 0.5) is 5.69 Å². The minimum absolute atomic E-state index is 0.0914. The molecule has 2 aromatic rings. The Morgan fingerprint density at radius 1 is 1.20 bits per heavy atom. The van der Waals surface area contributed by atoms with E-state index >= 15 is 0 Å². The summed E-state index contributed by atoms with van der Waals surface area (Å²) in [6.07, 6.45) is 4.79. The van der Waals surface area contributed by atoms with Crippen LogP contribution in [0.25, 0.3) is 5.57 Å². The van der Waals surface area contributed by atoms with Crippen molar-refractivity contribution in [2.75, 3.05) is 11.9 Å². The van der Waals surface area contributed by atoms with Crippen LogP contribution in [-0.2, 0) is 20.3 Å². The molecule has 158 valence electrons. The Kier molecular flexibility index (Phi) is 6.65. The number of benzene rings is 2. The summed E-state index contributed by atoms with van der Waals surface area (Å²) in [5, 5.41) is 2.63.